The van der Waals surface area contributed by atoms with E-state index in [2.05, 4.69) is 42.6 Å². The van der Waals surface area contributed by atoms with Crippen molar-refractivity contribution in [2.45, 2.75) is 51.9 Å². The first-order valence-corrected chi connectivity index (χ1v) is 7.25. The Labute approximate surface area is 119 Å². The number of rotatable bonds is 6. The van der Waals surface area contributed by atoms with Gasteiger partial charge in [0.25, 0.3) is 0 Å². The third kappa shape index (κ3) is 5.97. The fourth-order valence-corrected chi connectivity index (χ4v) is 2.43. The van der Waals surface area contributed by atoms with E-state index in [-0.39, 0.29) is 12.1 Å². The molecule has 0 saturated carbocycles. The molecule has 0 amide bonds. The molecule has 120 valence electrons. The van der Waals surface area contributed by atoms with Crippen molar-refractivity contribution in [3.05, 3.63) is 0 Å². The van der Waals surface area contributed by atoms with Gasteiger partial charge in [0.15, 0.2) is 0 Å². The minimum atomic E-state index is -4.23. The first-order valence-electron chi connectivity index (χ1n) is 7.25. The van der Waals surface area contributed by atoms with Crippen molar-refractivity contribution in [2.75, 3.05) is 32.8 Å². The lowest BCUT2D eigenvalue weighted by atomic mass is 9.93. The maximum Gasteiger partial charge on any atom is 0.411 e. The molecule has 0 bridgehead atoms. The maximum absolute atomic E-state index is 12.0. The van der Waals surface area contributed by atoms with Gasteiger partial charge in [0.05, 0.1) is 0 Å². The zero-order chi connectivity index (χ0) is 15.4. The molecule has 0 aromatic rings. The van der Waals surface area contributed by atoms with E-state index in [9.17, 15) is 13.2 Å². The molecule has 0 radical (unpaired) electrons. The van der Waals surface area contributed by atoms with Gasteiger partial charge in [-0.1, -0.05) is 13.8 Å². The number of hydrogen-bond donors (Lipinski definition) is 1. The number of hydrogen-bond acceptors (Lipinski definition) is 3. The van der Waals surface area contributed by atoms with E-state index in [1.165, 1.54) is 0 Å². The summed E-state index contributed by atoms with van der Waals surface area (Å²) in [7, 11) is 0. The summed E-state index contributed by atoms with van der Waals surface area (Å²) in [6.07, 6.45) is -3.60. The van der Waals surface area contributed by atoms with Crippen LogP contribution in [-0.2, 0) is 4.74 Å². The number of piperazine rings is 1. The van der Waals surface area contributed by atoms with Gasteiger partial charge in [0.2, 0.25) is 0 Å². The Bertz CT molecular complexity index is 293. The Kier molecular flexibility index (Phi) is 6.28. The van der Waals surface area contributed by atoms with E-state index in [0.29, 0.717) is 18.4 Å². The van der Waals surface area contributed by atoms with Gasteiger partial charge >= 0.3 is 6.18 Å². The van der Waals surface area contributed by atoms with Crippen LogP contribution in [0.5, 0.6) is 0 Å². The highest BCUT2D eigenvalue weighted by Gasteiger charge is 2.34. The first-order chi connectivity index (χ1) is 9.12. The van der Waals surface area contributed by atoms with Crippen molar-refractivity contribution >= 4 is 0 Å². The normalized spacial score (nSPS) is 24.3. The van der Waals surface area contributed by atoms with Crippen LogP contribution in [0.4, 0.5) is 13.2 Å². The van der Waals surface area contributed by atoms with E-state index in [0.717, 1.165) is 19.6 Å². The summed E-state index contributed by atoms with van der Waals surface area (Å²) < 4.78 is 40.5. The van der Waals surface area contributed by atoms with Crippen LogP contribution >= 0.6 is 0 Å². The Hall–Kier alpha value is -0.330. The molecule has 0 aliphatic carbocycles. The molecule has 3 nitrogen and oxygen atoms in total. The summed E-state index contributed by atoms with van der Waals surface area (Å²) in [5.41, 5.74) is 0.0371. The summed E-state index contributed by atoms with van der Waals surface area (Å²) in [5, 5.41) is 3.54. The zero-order valence-corrected chi connectivity index (χ0v) is 12.9. The molecule has 1 fully saturated rings. The predicted octanol–water partition coefficient (Wildman–Crippen LogP) is 2.66. The lowest BCUT2D eigenvalue weighted by molar-refractivity contribution is -0.174. The quantitative estimate of drug-likeness (QED) is 0.763. The number of alkyl halides is 3. The number of nitrogens with one attached hydrogen (secondary N) is 1. The van der Waals surface area contributed by atoms with E-state index >= 15 is 0 Å². The molecule has 1 atom stereocenters. The van der Waals surface area contributed by atoms with Gasteiger partial charge in [-0.25, -0.2) is 0 Å². The van der Waals surface area contributed by atoms with E-state index in [1.54, 1.807) is 0 Å². The maximum atomic E-state index is 12.0. The minimum absolute atomic E-state index is 0.0371. The Morgan fingerprint density at radius 1 is 1.35 bits per heavy atom. The molecule has 0 spiro atoms. The van der Waals surface area contributed by atoms with Crippen LogP contribution in [0.1, 0.15) is 34.1 Å². The van der Waals surface area contributed by atoms with Crippen LogP contribution in [0.3, 0.4) is 0 Å². The van der Waals surface area contributed by atoms with Crippen LogP contribution in [0.25, 0.3) is 0 Å². The zero-order valence-electron chi connectivity index (χ0n) is 12.9. The van der Waals surface area contributed by atoms with Gasteiger partial charge in [-0.2, -0.15) is 13.2 Å². The van der Waals surface area contributed by atoms with E-state index in [4.69, 9.17) is 0 Å². The molecular formula is C14H27F3N2O. The summed E-state index contributed by atoms with van der Waals surface area (Å²) in [5.74, 6) is 0.551. The van der Waals surface area contributed by atoms with E-state index in [1.807, 2.05) is 0 Å². The first kappa shape index (κ1) is 17.7. The van der Waals surface area contributed by atoms with Gasteiger partial charge in [0.1, 0.15) is 6.61 Å². The highest BCUT2D eigenvalue weighted by molar-refractivity contribution is 4.93. The molecule has 20 heavy (non-hydrogen) atoms. The van der Waals surface area contributed by atoms with Crippen molar-refractivity contribution in [1.82, 2.24) is 10.2 Å². The van der Waals surface area contributed by atoms with Crippen molar-refractivity contribution in [3.8, 4) is 0 Å². The predicted molar refractivity (Wildman–Crippen MR) is 73.8 cm³/mol. The van der Waals surface area contributed by atoms with Gasteiger partial charge < -0.3 is 10.1 Å². The smallest absolute Gasteiger partial charge is 0.372 e. The second-order valence-electron chi connectivity index (χ2n) is 6.51. The summed E-state index contributed by atoms with van der Waals surface area (Å²) in [4.78, 5) is 2.35. The molecule has 6 heteroatoms. The molecule has 1 saturated heterocycles. The van der Waals surface area contributed by atoms with Crippen molar-refractivity contribution in [3.63, 3.8) is 0 Å². The second-order valence-corrected chi connectivity index (χ2v) is 6.51. The van der Waals surface area contributed by atoms with Crippen LogP contribution in [0, 0.1) is 5.92 Å². The standard InChI is InChI=1S/C14H27F3N2O/c1-11(2)12-8-19(13(3,4)9-18-12)6-5-7-20-10-14(15,16)17/h11-12,18H,5-10H2,1-4H3. The molecule has 1 aliphatic heterocycles. The molecule has 0 aromatic heterocycles. The molecule has 1 unspecified atom stereocenters. The SMILES string of the molecule is CC(C)C1CN(CCCOCC(F)(F)F)C(C)(C)CN1. The fourth-order valence-electron chi connectivity index (χ4n) is 2.43. The second kappa shape index (κ2) is 7.09. The number of halogens is 3. The van der Waals surface area contributed by atoms with Crippen molar-refractivity contribution < 1.29 is 17.9 Å². The van der Waals surface area contributed by atoms with E-state index < -0.39 is 12.8 Å². The molecular weight excluding hydrogens is 269 g/mol. The Balaban J connectivity index is 2.32. The van der Waals surface area contributed by atoms with Crippen LogP contribution in [0.15, 0.2) is 0 Å². The monoisotopic (exact) mass is 296 g/mol. The third-order valence-corrected chi connectivity index (χ3v) is 3.86. The lowest BCUT2D eigenvalue weighted by Crippen LogP contribution is -2.63. The molecule has 1 N–H and O–H groups in total. The minimum Gasteiger partial charge on any atom is -0.372 e. The van der Waals surface area contributed by atoms with Crippen molar-refractivity contribution in [1.29, 1.82) is 0 Å². The largest absolute Gasteiger partial charge is 0.411 e. The van der Waals surface area contributed by atoms with Crippen molar-refractivity contribution in [2.24, 2.45) is 5.92 Å². The highest BCUT2D eigenvalue weighted by Crippen LogP contribution is 2.21. The Morgan fingerprint density at radius 3 is 2.55 bits per heavy atom. The molecule has 0 aromatic carbocycles. The van der Waals surface area contributed by atoms with Gasteiger partial charge in [0, 0.05) is 37.8 Å². The average molecular weight is 296 g/mol. The third-order valence-electron chi connectivity index (χ3n) is 3.86. The molecule has 1 heterocycles. The Morgan fingerprint density at radius 2 is 2.00 bits per heavy atom. The van der Waals surface area contributed by atoms with Gasteiger partial charge in [-0.15, -0.1) is 0 Å². The van der Waals surface area contributed by atoms with Gasteiger partial charge in [-0.05, 0) is 26.2 Å². The average Bonchev–Trinajstić information content (AvgIpc) is 2.28. The lowest BCUT2D eigenvalue weighted by Gasteiger charge is -2.47. The van der Waals surface area contributed by atoms with Gasteiger partial charge in [-0.3, -0.25) is 4.90 Å². The summed E-state index contributed by atoms with van der Waals surface area (Å²) >= 11 is 0. The number of nitrogens with zero attached hydrogens (tertiary/aromatic N) is 1. The number of ether oxygens (including phenoxy) is 1. The summed E-state index contributed by atoms with van der Waals surface area (Å²) in [6, 6.07) is 0.444. The molecule has 1 aliphatic rings. The summed E-state index contributed by atoms with van der Waals surface area (Å²) in [6.45, 7) is 10.3. The van der Waals surface area contributed by atoms with Crippen LogP contribution in [-0.4, -0.2) is 55.5 Å². The molecule has 1 rings (SSSR count). The fraction of sp³-hybridized carbons (Fsp3) is 1.00. The highest BCUT2D eigenvalue weighted by atomic mass is 19.4. The van der Waals surface area contributed by atoms with Crippen LogP contribution < -0.4 is 5.32 Å². The topological polar surface area (TPSA) is 24.5 Å². The van der Waals surface area contributed by atoms with Crippen LogP contribution in [0.2, 0.25) is 0 Å².